The molecule has 0 aromatic heterocycles. The molecule has 0 aromatic rings. The second kappa shape index (κ2) is 6.02. The van der Waals surface area contributed by atoms with Crippen LogP contribution >= 0.6 is 0 Å². The van der Waals surface area contributed by atoms with Gasteiger partial charge in [0.2, 0.25) is 5.91 Å². The van der Waals surface area contributed by atoms with Gasteiger partial charge >= 0.3 is 0 Å². The van der Waals surface area contributed by atoms with E-state index in [4.69, 9.17) is 5.73 Å². The van der Waals surface area contributed by atoms with E-state index in [0.717, 1.165) is 13.0 Å². The number of nitrogens with two attached hydrogens (primary N) is 1. The van der Waals surface area contributed by atoms with E-state index in [9.17, 15) is 4.79 Å². The van der Waals surface area contributed by atoms with E-state index in [1.165, 1.54) is 0 Å². The van der Waals surface area contributed by atoms with E-state index in [0.29, 0.717) is 13.0 Å². The summed E-state index contributed by atoms with van der Waals surface area (Å²) in [6.07, 6.45) is 1.55. The molecule has 1 unspecified atom stereocenters. The van der Waals surface area contributed by atoms with Crippen LogP contribution in [0.4, 0.5) is 0 Å². The number of nitrogens with one attached hydrogen (secondary N) is 1. The Kier molecular flexibility index (Phi) is 5.77. The molecule has 0 saturated carbocycles. The van der Waals surface area contributed by atoms with Crippen molar-refractivity contribution in [2.45, 2.75) is 40.5 Å². The fraction of sp³-hybridized carbons (Fsp3) is 0.909. The van der Waals surface area contributed by atoms with Gasteiger partial charge in [0, 0.05) is 13.0 Å². The van der Waals surface area contributed by atoms with E-state index < -0.39 is 0 Å². The van der Waals surface area contributed by atoms with Crippen LogP contribution in [0.5, 0.6) is 0 Å². The first kappa shape index (κ1) is 13.4. The van der Waals surface area contributed by atoms with Crippen molar-refractivity contribution in [2.24, 2.45) is 17.1 Å². The van der Waals surface area contributed by atoms with Gasteiger partial charge in [-0.25, -0.2) is 0 Å². The van der Waals surface area contributed by atoms with Crippen LogP contribution in [-0.2, 0) is 4.79 Å². The van der Waals surface area contributed by atoms with E-state index in [-0.39, 0.29) is 17.2 Å². The monoisotopic (exact) mass is 200 g/mol. The maximum atomic E-state index is 11.3. The molecule has 0 heterocycles. The first-order valence-electron chi connectivity index (χ1n) is 5.32. The highest BCUT2D eigenvalue weighted by molar-refractivity contribution is 5.76. The van der Waals surface area contributed by atoms with Crippen LogP contribution in [0.1, 0.15) is 40.5 Å². The minimum absolute atomic E-state index is 0.118. The van der Waals surface area contributed by atoms with Crippen LogP contribution in [0.25, 0.3) is 0 Å². The molecule has 0 fully saturated rings. The highest BCUT2D eigenvalue weighted by atomic mass is 16.1. The second-order valence-electron chi connectivity index (χ2n) is 5.21. The minimum atomic E-state index is 0.118. The Balaban J connectivity index is 3.55. The fourth-order valence-corrected chi connectivity index (χ4v) is 1.05. The van der Waals surface area contributed by atoms with Crippen molar-refractivity contribution in [3.8, 4) is 0 Å². The first-order chi connectivity index (χ1) is 6.35. The third-order valence-electron chi connectivity index (χ3n) is 2.13. The van der Waals surface area contributed by atoms with Crippen LogP contribution < -0.4 is 11.1 Å². The molecule has 3 N–H and O–H groups in total. The van der Waals surface area contributed by atoms with Gasteiger partial charge in [0.05, 0.1) is 0 Å². The first-order valence-corrected chi connectivity index (χ1v) is 5.32. The number of hydrogen-bond donors (Lipinski definition) is 2. The minimum Gasteiger partial charge on any atom is -0.356 e. The summed E-state index contributed by atoms with van der Waals surface area (Å²) in [5.41, 5.74) is 5.72. The molecule has 3 nitrogen and oxygen atoms in total. The van der Waals surface area contributed by atoms with Crippen molar-refractivity contribution < 1.29 is 4.79 Å². The maximum Gasteiger partial charge on any atom is 0.220 e. The van der Waals surface area contributed by atoms with Gasteiger partial charge < -0.3 is 11.1 Å². The van der Waals surface area contributed by atoms with E-state index >= 15 is 0 Å². The molecule has 0 aliphatic heterocycles. The Morgan fingerprint density at radius 1 is 1.43 bits per heavy atom. The highest BCUT2D eigenvalue weighted by Gasteiger charge is 2.11. The van der Waals surface area contributed by atoms with Gasteiger partial charge in [-0.2, -0.15) is 0 Å². The molecule has 0 spiro atoms. The van der Waals surface area contributed by atoms with Gasteiger partial charge in [-0.15, -0.1) is 0 Å². The number of hydrogen-bond acceptors (Lipinski definition) is 2. The van der Waals surface area contributed by atoms with E-state index in [1.807, 2.05) is 6.92 Å². The maximum absolute atomic E-state index is 11.3. The Morgan fingerprint density at radius 3 is 2.43 bits per heavy atom. The quantitative estimate of drug-likeness (QED) is 0.707. The largest absolute Gasteiger partial charge is 0.356 e. The molecule has 0 rings (SSSR count). The summed E-state index contributed by atoms with van der Waals surface area (Å²) in [7, 11) is 0. The Morgan fingerprint density at radius 2 is 2.00 bits per heavy atom. The summed E-state index contributed by atoms with van der Waals surface area (Å²) in [6, 6.07) is 0. The molecule has 1 amide bonds. The summed E-state index contributed by atoms with van der Waals surface area (Å²) in [4.78, 5) is 11.3. The molecule has 3 heteroatoms. The molecular formula is C11H24N2O. The molecule has 0 bridgehead atoms. The lowest BCUT2D eigenvalue weighted by molar-refractivity contribution is -0.121. The normalized spacial score (nSPS) is 13.8. The van der Waals surface area contributed by atoms with Crippen molar-refractivity contribution in [1.29, 1.82) is 0 Å². The SMILES string of the molecule is CC(CN)CC(=O)NCCC(C)(C)C. The molecule has 14 heavy (non-hydrogen) atoms. The lowest BCUT2D eigenvalue weighted by Gasteiger charge is -2.18. The average molecular weight is 200 g/mol. The molecule has 84 valence electrons. The third-order valence-corrected chi connectivity index (χ3v) is 2.13. The van der Waals surface area contributed by atoms with Crippen LogP contribution in [-0.4, -0.2) is 19.0 Å². The molecule has 1 atom stereocenters. The van der Waals surface area contributed by atoms with Gasteiger partial charge in [-0.3, -0.25) is 4.79 Å². The summed E-state index contributed by atoms with van der Waals surface area (Å²) >= 11 is 0. The molecule has 0 radical (unpaired) electrons. The van der Waals surface area contributed by atoms with Crippen molar-refractivity contribution in [1.82, 2.24) is 5.32 Å². The zero-order valence-corrected chi connectivity index (χ0v) is 9.89. The van der Waals surface area contributed by atoms with E-state index in [1.54, 1.807) is 0 Å². The second-order valence-corrected chi connectivity index (χ2v) is 5.21. The topological polar surface area (TPSA) is 55.1 Å². The van der Waals surface area contributed by atoms with Gasteiger partial charge in [-0.1, -0.05) is 27.7 Å². The summed E-state index contributed by atoms with van der Waals surface area (Å²) < 4.78 is 0. The Bertz CT molecular complexity index is 173. The number of rotatable bonds is 5. The predicted molar refractivity (Wildman–Crippen MR) is 59.9 cm³/mol. The zero-order chi connectivity index (χ0) is 11.2. The van der Waals surface area contributed by atoms with Crippen molar-refractivity contribution in [3.63, 3.8) is 0 Å². The van der Waals surface area contributed by atoms with Crippen molar-refractivity contribution in [2.75, 3.05) is 13.1 Å². The van der Waals surface area contributed by atoms with Crippen LogP contribution in [0.2, 0.25) is 0 Å². The Hall–Kier alpha value is -0.570. The van der Waals surface area contributed by atoms with Crippen molar-refractivity contribution in [3.05, 3.63) is 0 Å². The molecular weight excluding hydrogens is 176 g/mol. The van der Waals surface area contributed by atoms with E-state index in [2.05, 4.69) is 26.1 Å². The molecule has 0 aromatic carbocycles. The van der Waals surface area contributed by atoms with Gasteiger partial charge in [0.25, 0.3) is 0 Å². The number of amides is 1. The average Bonchev–Trinajstić information content (AvgIpc) is 2.01. The van der Waals surface area contributed by atoms with Gasteiger partial charge in [0.1, 0.15) is 0 Å². The van der Waals surface area contributed by atoms with Crippen molar-refractivity contribution >= 4 is 5.91 Å². The van der Waals surface area contributed by atoms with Gasteiger partial charge in [0.15, 0.2) is 0 Å². The molecule has 0 saturated heterocycles. The lowest BCUT2D eigenvalue weighted by atomic mass is 9.92. The molecule has 0 aliphatic rings. The summed E-state index contributed by atoms with van der Waals surface area (Å²) in [5, 5.41) is 2.91. The third kappa shape index (κ3) is 8.05. The highest BCUT2D eigenvalue weighted by Crippen LogP contribution is 2.16. The summed E-state index contributed by atoms with van der Waals surface area (Å²) in [6.45, 7) is 9.83. The summed E-state index contributed by atoms with van der Waals surface area (Å²) in [5.74, 6) is 0.400. The van der Waals surface area contributed by atoms with Gasteiger partial charge in [-0.05, 0) is 24.3 Å². The van der Waals surface area contributed by atoms with Crippen LogP contribution in [0.15, 0.2) is 0 Å². The molecule has 0 aliphatic carbocycles. The zero-order valence-electron chi connectivity index (χ0n) is 9.89. The standard InChI is InChI=1S/C11H24N2O/c1-9(8-12)7-10(14)13-6-5-11(2,3)4/h9H,5-8,12H2,1-4H3,(H,13,14). The predicted octanol–water partition coefficient (Wildman–Crippen LogP) is 1.52. The fourth-order valence-electron chi connectivity index (χ4n) is 1.05. The number of carbonyl (C=O) groups is 1. The van der Waals surface area contributed by atoms with Crippen LogP contribution in [0, 0.1) is 11.3 Å². The Labute approximate surface area is 87.4 Å². The number of carbonyl (C=O) groups excluding carboxylic acids is 1. The van der Waals surface area contributed by atoms with Crippen LogP contribution in [0.3, 0.4) is 0 Å². The smallest absolute Gasteiger partial charge is 0.220 e. The lowest BCUT2D eigenvalue weighted by Crippen LogP contribution is -2.29.